The average molecular weight is 249 g/mol. The van der Waals surface area contributed by atoms with Crippen molar-refractivity contribution in [3.63, 3.8) is 0 Å². The Morgan fingerprint density at radius 2 is 1.72 bits per heavy atom. The second kappa shape index (κ2) is 7.01. The van der Waals surface area contributed by atoms with Crippen molar-refractivity contribution in [3.05, 3.63) is 29.8 Å². The van der Waals surface area contributed by atoms with E-state index >= 15 is 0 Å². The van der Waals surface area contributed by atoms with E-state index in [0.29, 0.717) is 0 Å². The third-order valence-electron chi connectivity index (χ3n) is 2.74. The highest BCUT2D eigenvalue weighted by molar-refractivity contribution is 5.94. The van der Waals surface area contributed by atoms with Gasteiger partial charge in [-0.25, -0.2) is 0 Å². The molecule has 0 unspecified atom stereocenters. The van der Waals surface area contributed by atoms with Crippen molar-refractivity contribution in [1.82, 2.24) is 9.80 Å². The summed E-state index contributed by atoms with van der Waals surface area (Å²) in [4.78, 5) is 15.9. The van der Waals surface area contributed by atoms with Crippen LogP contribution in [0.25, 0.3) is 0 Å². The molecule has 0 saturated heterocycles. The summed E-state index contributed by atoms with van der Waals surface area (Å²) in [6.45, 7) is 4.54. The molecule has 0 aliphatic heterocycles. The summed E-state index contributed by atoms with van der Waals surface area (Å²) >= 11 is 0. The summed E-state index contributed by atoms with van der Waals surface area (Å²) in [5.74, 6) is 0.0694. The Bertz CT molecular complexity index is 373. The molecule has 18 heavy (non-hydrogen) atoms. The van der Waals surface area contributed by atoms with Gasteiger partial charge in [0.15, 0.2) is 0 Å². The fourth-order valence-electron chi connectivity index (χ4n) is 1.61. The molecule has 0 spiro atoms. The van der Waals surface area contributed by atoms with Crippen molar-refractivity contribution in [2.75, 3.05) is 46.1 Å². The Balaban J connectivity index is 2.60. The molecule has 4 heteroatoms. The van der Waals surface area contributed by atoms with E-state index in [-0.39, 0.29) is 5.91 Å². The summed E-state index contributed by atoms with van der Waals surface area (Å²) in [5.41, 5.74) is 1.78. The third-order valence-corrected chi connectivity index (χ3v) is 2.74. The van der Waals surface area contributed by atoms with Crippen LogP contribution in [-0.4, -0.2) is 56.5 Å². The lowest BCUT2D eigenvalue weighted by Crippen LogP contribution is -2.33. The smallest absolute Gasteiger partial charge is 0.253 e. The number of nitrogens with one attached hydrogen (secondary N) is 1. The number of hydrogen-bond acceptors (Lipinski definition) is 3. The fraction of sp³-hybridized carbons (Fsp3) is 0.500. The maximum atomic E-state index is 12.1. The van der Waals surface area contributed by atoms with Gasteiger partial charge in [0.2, 0.25) is 0 Å². The minimum absolute atomic E-state index is 0.0694. The molecule has 0 saturated carbocycles. The maximum Gasteiger partial charge on any atom is 0.253 e. The summed E-state index contributed by atoms with van der Waals surface area (Å²) in [6, 6.07) is 7.62. The predicted octanol–water partition coefficient (Wildman–Crippen LogP) is 1.75. The molecule has 1 amide bonds. The molecule has 0 radical (unpaired) electrons. The van der Waals surface area contributed by atoms with Crippen LogP contribution in [0.1, 0.15) is 17.3 Å². The van der Waals surface area contributed by atoms with Crippen LogP contribution in [0.2, 0.25) is 0 Å². The molecule has 1 rings (SSSR count). The van der Waals surface area contributed by atoms with Crippen molar-refractivity contribution < 1.29 is 4.79 Å². The molecule has 4 nitrogen and oxygen atoms in total. The van der Waals surface area contributed by atoms with Crippen molar-refractivity contribution in [2.24, 2.45) is 0 Å². The molecular weight excluding hydrogens is 226 g/mol. The molecule has 0 aliphatic carbocycles. The molecule has 0 heterocycles. The zero-order chi connectivity index (χ0) is 13.5. The first-order valence-corrected chi connectivity index (χ1v) is 6.28. The van der Waals surface area contributed by atoms with Gasteiger partial charge >= 0.3 is 0 Å². The normalized spacial score (nSPS) is 10.5. The van der Waals surface area contributed by atoms with E-state index in [1.807, 2.05) is 52.3 Å². The summed E-state index contributed by atoms with van der Waals surface area (Å²) in [6.07, 6.45) is 0. The lowest BCUT2D eigenvalue weighted by molar-refractivity contribution is 0.0786. The Hall–Kier alpha value is -1.55. The first-order chi connectivity index (χ1) is 8.54. The number of benzene rings is 1. The molecule has 0 aromatic heterocycles. The number of nitrogens with zero attached hydrogens (tertiary/aromatic N) is 2. The zero-order valence-electron chi connectivity index (χ0n) is 11.7. The lowest BCUT2D eigenvalue weighted by atomic mass is 10.2. The van der Waals surface area contributed by atoms with Crippen molar-refractivity contribution >= 4 is 11.6 Å². The van der Waals surface area contributed by atoms with E-state index in [0.717, 1.165) is 30.9 Å². The van der Waals surface area contributed by atoms with Gasteiger partial charge in [0, 0.05) is 37.9 Å². The van der Waals surface area contributed by atoms with Crippen LogP contribution < -0.4 is 5.32 Å². The summed E-state index contributed by atoms with van der Waals surface area (Å²) in [5, 5.41) is 3.21. The van der Waals surface area contributed by atoms with Crippen LogP contribution in [0.5, 0.6) is 0 Å². The predicted molar refractivity (Wildman–Crippen MR) is 76.1 cm³/mol. The number of hydrogen-bond donors (Lipinski definition) is 1. The van der Waals surface area contributed by atoms with Gasteiger partial charge < -0.3 is 15.1 Å². The minimum atomic E-state index is 0.0694. The van der Waals surface area contributed by atoms with Crippen LogP contribution in [0.4, 0.5) is 5.69 Å². The van der Waals surface area contributed by atoms with Gasteiger partial charge in [0.05, 0.1) is 0 Å². The Labute approximate surface area is 110 Å². The molecular formula is C14H23N3O. The van der Waals surface area contributed by atoms with Crippen LogP contribution in [-0.2, 0) is 0 Å². The van der Waals surface area contributed by atoms with Crippen molar-refractivity contribution in [3.8, 4) is 0 Å². The molecule has 0 atom stereocenters. The molecule has 0 bridgehead atoms. The highest BCUT2D eigenvalue weighted by atomic mass is 16.2. The van der Waals surface area contributed by atoms with E-state index in [4.69, 9.17) is 0 Å². The van der Waals surface area contributed by atoms with Gasteiger partial charge in [-0.05, 0) is 45.3 Å². The SMILES string of the molecule is CCNc1ccc(C(=O)N(C)CCN(C)C)cc1. The van der Waals surface area contributed by atoms with Crippen LogP contribution in [0.15, 0.2) is 24.3 Å². The zero-order valence-corrected chi connectivity index (χ0v) is 11.7. The molecule has 0 fully saturated rings. The number of carbonyl (C=O) groups excluding carboxylic acids is 1. The monoisotopic (exact) mass is 249 g/mol. The molecule has 1 aromatic carbocycles. The number of likely N-dealkylation sites (N-methyl/N-ethyl adjacent to an activating group) is 2. The second-order valence-electron chi connectivity index (χ2n) is 4.64. The van der Waals surface area contributed by atoms with E-state index < -0.39 is 0 Å². The fourth-order valence-corrected chi connectivity index (χ4v) is 1.61. The first kappa shape index (κ1) is 14.5. The van der Waals surface area contributed by atoms with E-state index in [1.54, 1.807) is 4.90 Å². The number of anilines is 1. The van der Waals surface area contributed by atoms with Crippen LogP contribution in [0.3, 0.4) is 0 Å². The van der Waals surface area contributed by atoms with Crippen molar-refractivity contribution in [2.45, 2.75) is 6.92 Å². The summed E-state index contributed by atoms with van der Waals surface area (Å²) in [7, 11) is 5.84. The molecule has 0 aliphatic rings. The van der Waals surface area contributed by atoms with Crippen LogP contribution in [0, 0.1) is 0 Å². The first-order valence-electron chi connectivity index (χ1n) is 6.28. The van der Waals surface area contributed by atoms with Crippen LogP contribution >= 0.6 is 0 Å². The Kier molecular flexibility index (Phi) is 5.65. The largest absolute Gasteiger partial charge is 0.385 e. The highest BCUT2D eigenvalue weighted by Gasteiger charge is 2.11. The number of amides is 1. The number of carbonyl (C=O) groups is 1. The minimum Gasteiger partial charge on any atom is -0.385 e. The molecule has 1 aromatic rings. The maximum absolute atomic E-state index is 12.1. The molecule has 1 N–H and O–H groups in total. The lowest BCUT2D eigenvalue weighted by Gasteiger charge is -2.19. The topological polar surface area (TPSA) is 35.6 Å². The standard InChI is InChI=1S/C14H23N3O/c1-5-15-13-8-6-12(7-9-13)14(18)17(4)11-10-16(2)3/h6-9,15H,5,10-11H2,1-4H3. The van der Waals surface area contributed by atoms with E-state index in [9.17, 15) is 4.79 Å². The van der Waals surface area contributed by atoms with Gasteiger partial charge in [-0.15, -0.1) is 0 Å². The average Bonchev–Trinajstić information content (AvgIpc) is 2.36. The van der Waals surface area contributed by atoms with E-state index in [2.05, 4.69) is 10.2 Å². The number of rotatable bonds is 6. The van der Waals surface area contributed by atoms with Gasteiger partial charge in [0.25, 0.3) is 5.91 Å². The van der Waals surface area contributed by atoms with Gasteiger partial charge in [-0.1, -0.05) is 0 Å². The Morgan fingerprint density at radius 1 is 1.11 bits per heavy atom. The summed E-state index contributed by atoms with van der Waals surface area (Å²) < 4.78 is 0. The third kappa shape index (κ3) is 4.37. The van der Waals surface area contributed by atoms with E-state index in [1.165, 1.54) is 0 Å². The second-order valence-corrected chi connectivity index (χ2v) is 4.64. The van der Waals surface area contributed by atoms with Gasteiger partial charge in [-0.3, -0.25) is 4.79 Å². The van der Waals surface area contributed by atoms with Crippen molar-refractivity contribution in [1.29, 1.82) is 0 Å². The van der Waals surface area contributed by atoms with Gasteiger partial charge in [-0.2, -0.15) is 0 Å². The highest BCUT2D eigenvalue weighted by Crippen LogP contribution is 2.10. The quantitative estimate of drug-likeness (QED) is 0.834. The Morgan fingerprint density at radius 3 is 2.22 bits per heavy atom. The van der Waals surface area contributed by atoms with Gasteiger partial charge in [0.1, 0.15) is 0 Å². The molecule has 100 valence electrons.